The van der Waals surface area contributed by atoms with Gasteiger partial charge in [-0.25, -0.2) is 4.39 Å². The molecule has 0 spiro atoms. The minimum atomic E-state index is -0.512. The van der Waals surface area contributed by atoms with Crippen molar-refractivity contribution in [3.8, 4) is 11.5 Å². The minimum Gasteiger partial charge on any atom is -0.457 e. The number of ether oxygens (including phenoxy) is 1. The topological polar surface area (TPSA) is 52.4 Å². The molecule has 0 aromatic heterocycles. The molecule has 2 aromatic rings. The fraction of sp³-hybridized carbons (Fsp3) is 0.143. The van der Waals surface area contributed by atoms with Gasteiger partial charge in [0.05, 0.1) is 11.0 Å². The lowest BCUT2D eigenvalue weighted by atomic mass is 10.2. The van der Waals surface area contributed by atoms with Crippen molar-refractivity contribution in [2.24, 2.45) is 0 Å². The average Bonchev–Trinajstić information content (AvgIpc) is 2.40. The van der Waals surface area contributed by atoms with Crippen molar-refractivity contribution >= 4 is 17.3 Å². The number of halogens is 2. The normalized spacial score (nSPS) is 10.3. The van der Waals surface area contributed by atoms with E-state index in [0.29, 0.717) is 16.9 Å². The van der Waals surface area contributed by atoms with Crippen LogP contribution >= 0.6 is 11.6 Å². The summed E-state index contributed by atoms with van der Waals surface area (Å²) >= 11 is 5.66. The SMILES string of the molecule is Cc1ccc([N+](=O)[O-])cc1Oc1cc(F)cc(CCl)c1. The van der Waals surface area contributed by atoms with Gasteiger partial charge in [0, 0.05) is 18.0 Å². The van der Waals surface area contributed by atoms with Crippen LogP contribution in [0.25, 0.3) is 0 Å². The molecule has 0 unspecified atom stereocenters. The third kappa shape index (κ3) is 3.24. The number of hydrogen-bond acceptors (Lipinski definition) is 3. The summed E-state index contributed by atoms with van der Waals surface area (Å²) in [4.78, 5) is 10.2. The summed E-state index contributed by atoms with van der Waals surface area (Å²) in [6.07, 6.45) is 0. The molecular weight excluding hydrogens is 285 g/mol. The highest BCUT2D eigenvalue weighted by atomic mass is 35.5. The summed E-state index contributed by atoms with van der Waals surface area (Å²) in [5, 5.41) is 10.7. The first-order valence-electron chi connectivity index (χ1n) is 5.78. The Balaban J connectivity index is 2.36. The van der Waals surface area contributed by atoms with Gasteiger partial charge in [0.25, 0.3) is 5.69 Å². The van der Waals surface area contributed by atoms with E-state index in [0.717, 1.165) is 0 Å². The van der Waals surface area contributed by atoms with Crippen molar-refractivity contribution < 1.29 is 14.1 Å². The first kappa shape index (κ1) is 14.3. The van der Waals surface area contributed by atoms with Gasteiger partial charge in [-0.2, -0.15) is 0 Å². The maximum absolute atomic E-state index is 13.4. The number of aryl methyl sites for hydroxylation is 1. The second-order valence-electron chi connectivity index (χ2n) is 4.24. The number of rotatable bonds is 4. The van der Waals surface area contributed by atoms with E-state index in [1.165, 1.54) is 24.3 Å². The molecule has 0 saturated heterocycles. The molecule has 0 atom stereocenters. The molecule has 4 nitrogen and oxygen atoms in total. The van der Waals surface area contributed by atoms with E-state index >= 15 is 0 Å². The molecule has 0 radical (unpaired) electrons. The monoisotopic (exact) mass is 295 g/mol. The first-order chi connectivity index (χ1) is 9.49. The van der Waals surface area contributed by atoms with Crippen molar-refractivity contribution in [3.63, 3.8) is 0 Å². The summed E-state index contributed by atoms with van der Waals surface area (Å²) in [7, 11) is 0. The Kier molecular flexibility index (Phi) is 4.20. The van der Waals surface area contributed by atoms with Crippen LogP contribution in [0.5, 0.6) is 11.5 Å². The minimum absolute atomic E-state index is 0.0837. The van der Waals surface area contributed by atoms with Crippen LogP contribution in [0.2, 0.25) is 0 Å². The molecule has 0 amide bonds. The van der Waals surface area contributed by atoms with Crippen LogP contribution in [0.15, 0.2) is 36.4 Å². The van der Waals surface area contributed by atoms with Crippen molar-refractivity contribution in [2.75, 3.05) is 0 Å². The van der Waals surface area contributed by atoms with E-state index < -0.39 is 10.7 Å². The summed E-state index contributed by atoms with van der Waals surface area (Å²) in [6.45, 7) is 1.75. The van der Waals surface area contributed by atoms with Crippen LogP contribution in [0.1, 0.15) is 11.1 Å². The van der Waals surface area contributed by atoms with E-state index in [4.69, 9.17) is 16.3 Å². The van der Waals surface area contributed by atoms with Gasteiger partial charge in [0.2, 0.25) is 0 Å². The zero-order valence-corrected chi connectivity index (χ0v) is 11.4. The number of benzene rings is 2. The maximum atomic E-state index is 13.4. The Bertz CT molecular complexity index is 661. The smallest absolute Gasteiger partial charge is 0.273 e. The van der Waals surface area contributed by atoms with Crippen molar-refractivity contribution in [1.29, 1.82) is 0 Å². The molecule has 2 rings (SSSR count). The third-order valence-corrected chi connectivity index (χ3v) is 3.00. The maximum Gasteiger partial charge on any atom is 0.273 e. The lowest BCUT2D eigenvalue weighted by Gasteiger charge is -2.09. The number of alkyl halides is 1. The average molecular weight is 296 g/mol. The molecule has 0 bridgehead atoms. The zero-order valence-electron chi connectivity index (χ0n) is 10.6. The summed E-state index contributed by atoms with van der Waals surface area (Å²) < 4.78 is 18.9. The van der Waals surface area contributed by atoms with E-state index in [1.54, 1.807) is 19.1 Å². The lowest BCUT2D eigenvalue weighted by Crippen LogP contribution is -1.93. The predicted molar refractivity (Wildman–Crippen MR) is 73.9 cm³/mol. The Morgan fingerprint density at radius 3 is 2.70 bits per heavy atom. The van der Waals surface area contributed by atoms with Gasteiger partial charge >= 0.3 is 0 Å². The van der Waals surface area contributed by atoms with Crippen LogP contribution in [-0.2, 0) is 5.88 Å². The van der Waals surface area contributed by atoms with E-state index in [9.17, 15) is 14.5 Å². The molecular formula is C14H11ClFNO3. The van der Waals surface area contributed by atoms with Crippen LogP contribution in [-0.4, -0.2) is 4.92 Å². The molecule has 0 aliphatic heterocycles. The number of nitrogens with zero attached hydrogens (tertiary/aromatic N) is 1. The van der Waals surface area contributed by atoms with Gasteiger partial charge in [-0.15, -0.1) is 11.6 Å². The fourth-order valence-electron chi connectivity index (χ4n) is 1.70. The Labute approximate surface area is 119 Å². The molecule has 6 heteroatoms. The zero-order chi connectivity index (χ0) is 14.7. The van der Waals surface area contributed by atoms with Gasteiger partial charge in [-0.1, -0.05) is 0 Å². The summed E-state index contributed by atoms with van der Waals surface area (Å²) in [5.41, 5.74) is 1.21. The van der Waals surface area contributed by atoms with Gasteiger partial charge in [-0.05, 0) is 36.2 Å². The summed E-state index contributed by atoms with van der Waals surface area (Å²) in [6, 6.07) is 8.37. The molecule has 0 aliphatic carbocycles. The van der Waals surface area contributed by atoms with E-state index in [-0.39, 0.29) is 17.3 Å². The second kappa shape index (κ2) is 5.88. The molecule has 0 N–H and O–H groups in total. The lowest BCUT2D eigenvalue weighted by molar-refractivity contribution is -0.384. The van der Waals surface area contributed by atoms with Crippen molar-refractivity contribution in [1.82, 2.24) is 0 Å². The predicted octanol–water partition coefficient (Wildman–Crippen LogP) is 4.57. The first-order valence-corrected chi connectivity index (χ1v) is 6.31. The van der Waals surface area contributed by atoms with Gasteiger partial charge in [-0.3, -0.25) is 10.1 Å². The molecule has 104 valence electrons. The Morgan fingerprint density at radius 2 is 2.05 bits per heavy atom. The third-order valence-electron chi connectivity index (χ3n) is 2.70. The Morgan fingerprint density at radius 1 is 1.30 bits per heavy atom. The van der Waals surface area contributed by atoms with Gasteiger partial charge in [0.15, 0.2) is 0 Å². The number of nitro benzene ring substituents is 1. The number of hydrogen-bond donors (Lipinski definition) is 0. The number of nitro groups is 1. The van der Waals surface area contributed by atoms with E-state index in [2.05, 4.69) is 0 Å². The highest BCUT2D eigenvalue weighted by Gasteiger charge is 2.11. The molecule has 20 heavy (non-hydrogen) atoms. The largest absolute Gasteiger partial charge is 0.457 e. The van der Waals surface area contributed by atoms with Gasteiger partial charge in [0.1, 0.15) is 17.3 Å². The summed E-state index contributed by atoms with van der Waals surface area (Å²) in [5.74, 6) is 0.248. The van der Waals surface area contributed by atoms with Crippen molar-refractivity contribution in [3.05, 3.63) is 63.5 Å². The second-order valence-corrected chi connectivity index (χ2v) is 4.51. The highest BCUT2D eigenvalue weighted by molar-refractivity contribution is 6.17. The van der Waals surface area contributed by atoms with E-state index in [1.807, 2.05) is 0 Å². The molecule has 0 fully saturated rings. The fourth-order valence-corrected chi connectivity index (χ4v) is 1.85. The van der Waals surface area contributed by atoms with Gasteiger partial charge < -0.3 is 4.74 Å². The van der Waals surface area contributed by atoms with Crippen LogP contribution in [0.4, 0.5) is 10.1 Å². The van der Waals surface area contributed by atoms with Crippen molar-refractivity contribution in [2.45, 2.75) is 12.8 Å². The molecule has 0 heterocycles. The van der Waals surface area contributed by atoms with Crippen LogP contribution in [0, 0.1) is 22.9 Å². The number of non-ortho nitro benzene ring substituents is 1. The molecule has 0 aliphatic rings. The standard InChI is InChI=1S/C14H11ClFNO3/c1-9-2-3-12(17(18)19)7-14(9)20-13-5-10(8-15)4-11(16)6-13/h2-7H,8H2,1H3. The quantitative estimate of drug-likeness (QED) is 0.471. The highest BCUT2D eigenvalue weighted by Crippen LogP contribution is 2.30. The molecule has 2 aromatic carbocycles. The Hall–Kier alpha value is -2.14. The van der Waals surface area contributed by atoms with Crippen LogP contribution in [0.3, 0.4) is 0 Å². The van der Waals surface area contributed by atoms with Crippen LogP contribution < -0.4 is 4.74 Å². The molecule has 0 saturated carbocycles.